The number of hydrogen-bond acceptors (Lipinski definition) is 7. The van der Waals surface area contributed by atoms with E-state index in [1.807, 2.05) is 46.0 Å². The summed E-state index contributed by atoms with van der Waals surface area (Å²) in [5, 5.41) is 6.83. The Morgan fingerprint density at radius 3 is 2.60 bits per heavy atom. The summed E-state index contributed by atoms with van der Waals surface area (Å²) in [7, 11) is 1.61. The number of nitrogens with one attached hydrogen (secondary N) is 1. The van der Waals surface area contributed by atoms with E-state index in [0.717, 1.165) is 51.1 Å². The fourth-order valence-corrected chi connectivity index (χ4v) is 6.23. The van der Waals surface area contributed by atoms with E-state index < -0.39 is 0 Å². The number of ether oxygens (including phenoxy) is 3. The van der Waals surface area contributed by atoms with E-state index in [4.69, 9.17) is 14.2 Å². The van der Waals surface area contributed by atoms with Crippen molar-refractivity contribution in [1.29, 1.82) is 0 Å². The summed E-state index contributed by atoms with van der Waals surface area (Å²) in [6, 6.07) is 9.95. The Labute approximate surface area is 210 Å². The van der Waals surface area contributed by atoms with E-state index >= 15 is 0 Å². The lowest BCUT2D eigenvalue weighted by atomic mass is 10.0. The molecule has 0 spiro atoms. The minimum atomic E-state index is -0.384. The first-order valence-electron chi connectivity index (χ1n) is 12.3. The van der Waals surface area contributed by atoms with E-state index in [1.165, 1.54) is 11.3 Å². The van der Waals surface area contributed by atoms with E-state index in [-0.39, 0.29) is 24.1 Å². The van der Waals surface area contributed by atoms with Crippen molar-refractivity contribution in [2.24, 2.45) is 11.8 Å². The zero-order valence-electron chi connectivity index (χ0n) is 20.1. The van der Waals surface area contributed by atoms with Crippen molar-refractivity contribution in [3.63, 3.8) is 0 Å². The second-order valence-corrected chi connectivity index (χ2v) is 10.4. The first-order chi connectivity index (χ1) is 17.1. The van der Waals surface area contributed by atoms with Crippen LogP contribution in [0.4, 0.5) is 4.79 Å². The molecule has 2 aromatic rings. The topological polar surface area (TPSA) is 80.3 Å². The molecule has 9 heteroatoms. The number of carbonyl (C=O) groups is 2. The molecule has 35 heavy (non-hydrogen) atoms. The van der Waals surface area contributed by atoms with Crippen LogP contribution in [0.15, 0.2) is 41.1 Å². The molecular weight excluding hydrogens is 466 g/mol. The number of hydrogen-bond donors (Lipinski definition) is 1. The van der Waals surface area contributed by atoms with Gasteiger partial charge in [-0.3, -0.25) is 4.79 Å². The molecule has 0 bridgehead atoms. The van der Waals surface area contributed by atoms with E-state index in [9.17, 15) is 9.59 Å². The summed E-state index contributed by atoms with van der Waals surface area (Å²) in [5.74, 6) is 1.71. The molecule has 0 radical (unpaired) electrons. The van der Waals surface area contributed by atoms with Gasteiger partial charge in [0.25, 0.3) is 5.91 Å². The summed E-state index contributed by atoms with van der Waals surface area (Å²) < 4.78 is 16.2. The highest BCUT2D eigenvalue weighted by atomic mass is 32.1. The number of alkyl carbamates (subject to hydrolysis) is 1. The summed E-state index contributed by atoms with van der Waals surface area (Å²) in [5.41, 5.74) is 1.75. The van der Waals surface area contributed by atoms with Crippen LogP contribution in [0.2, 0.25) is 0 Å². The lowest BCUT2D eigenvalue weighted by Gasteiger charge is -2.25. The smallest absolute Gasteiger partial charge is 0.407 e. The molecule has 5 rings (SSSR count). The maximum Gasteiger partial charge on any atom is 0.407 e. The van der Waals surface area contributed by atoms with Crippen LogP contribution in [0.3, 0.4) is 0 Å². The Kier molecular flexibility index (Phi) is 7.55. The number of rotatable bonds is 8. The molecule has 3 saturated heterocycles. The lowest BCUT2D eigenvalue weighted by molar-refractivity contribution is 0.0771. The fraction of sp³-hybridized carbons (Fsp3) is 0.538. The molecule has 3 unspecified atom stereocenters. The van der Waals surface area contributed by atoms with Gasteiger partial charge in [-0.05, 0) is 23.8 Å². The Morgan fingerprint density at radius 1 is 1.14 bits per heavy atom. The van der Waals surface area contributed by atoms with Gasteiger partial charge >= 0.3 is 6.09 Å². The zero-order chi connectivity index (χ0) is 24.2. The molecule has 2 amide bonds. The second-order valence-electron chi connectivity index (χ2n) is 9.63. The minimum Gasteiger partial charge on any atom is -0.495 e. The normalized spacial score (nSPS) is 24.8. The molecule has 1 N–H and O–H groups in total. The highest BCUT2D eigenvalue weighted by molar-refractivity contribution is 7.08. The Hall–Kier alpha value is -2.62. The summed E-state index contributed by atoms with van der Waals surface area (Å²) in [6.45, 7) is 5.51. The van der Waals surface area contributed by atoms with Crippen molar-refractivity contribution in [2.45, 2.75) is 25.0 Å². The highest BCUT2D eigenvalue weighted by Crippen LogP contribution is 2.34. The Bertz CT molecular complexity index is 995. The monoisotopic (exact) mass is 499 g/mol. The van der Waals surface area contributed by atoms with Crippen molar-refractivity contribution < 1.29 is 23.8 Å². The number of carbonyl (C=O) groups excluding carboxylic acids is 2. The standard InChI is InChI=1S/C26H33N3O5S/c1-32-24-17-35-16-22(24)25(30)29-13-19-11-28(12-20(19)14-29)9-7-23(18-5-3-2-4-6-18)27-26(31)34-21-8-10-33-15-21/h2-6,16-17,19-21,23H,7-15H2,1H3,(H,27,31)/t19-,20?,21?,23?/m0/s1. The number of benzene rings is 1. The Balaban J connectivity index is 1.14. The van der Waals surface area contributed by atoms with Gasteiger partial charge in [-0.25, -0.2) is 4.79 Å². The van der Waals surface area contributed by atoms with Gasteiger partial charge < -0.3 is 29.3 Å². The van der Waals surface area contributed by atoms with Gasteiger partial charge in [0.1, 0.15) is 11.9 Å². The average Bonchev–Trinajstić information content (AvgIpc) is 3.66. The maximum absolute atomic E-state index is 13.0. The first-order valence-corrected chi connectivity index (χ1v) is 13.3. The predicted molar refractivity (Wildman–Crippen MR) is 133 cm³/mol. The van der Waals surface area contributed by atoms with Crippen LogP contribution in [0.5, 0.6) is 5.75 Å². The van der Waals surface area contributed by atoms with Crippen LogP contribution in [0, 0.1) is 11.8 Å². The van der Waals surface area contributed by atoms with Gasteiger partial charge in [-0.1, -0.05) is 30.3 Å². The van der Waals surface area contributed by atoms with Crippen LogP contribution >= 0.6 is 11.3 Å². The third-order valence-corrected chi connectivity index (χ3v) is 8.04. The van der Waals surface area contributed by atoms with E-state index in [1.54, 1.807) is 7.11 Å². The maximum atomic E-state index is 13.0. The third kappa shape index (κ3) is 5.63. The molecule has 4 heterocycles. The molecule has 3 aliphatic heterocycles. The fourth-order valence-electron chi connectivity index (χ4n) is 5.46. The molecule has 1 aromatic carbocycles. The minimum absolute atomic E-state index is 0.0727. The quantitative estimate of drug-likeness (QED) is 0.600. The molecule has 0 aliphatic carbocycles. The van der Waals surface area contributed by atoms with Gasteiger partial charge in [-0.2, -0.15) is 0 Å². The van der Waals surface area contributed by atoms with Crippen LogP contribution in [0.25, 0.3) is 0 Å². The van der Waals surface area contributed by atoms with Crippen LogP contribution < -0.4 is 10.1 Å². The SMILES string of the molecule is COc1cscc1C(=O)N1CC2CN(CCC(NC(=O)OC3CCOC3)c3ccccc3)C[C@H]2C1. The highest BCUT2D eigenvalue weighted by Gasteiger charge is 2.42. The first kappa shape index (κ1) is 24.1. The molecule has 0 saturated carbocycles. The molecule has 188 valence electrons. The van der Waals surface area contributed by atoms with Crippen molar-refractivity contribution >= 4 is 23.3 Å². The number of methoxy groups -OCH3 is 1. The van der Waals surface area contributed by atoms with Gasteiger partial charge in [-0.15, -0.1) is 11.3 Å². The van der Waals surface area contributed by atoms with Gasteiger partial charge in [0, 0.05) is 49.9 Å². The zero-order valence-corrected chi connectivity index (χ0v) is 20.9. The summed E-state index contributed by atoms with van der Waals surface area (Å²) in [4.78, 5) is 30.0. The second kappa shape index (κ2) is 11.0. The van der Waals surface area contributed by atoms with Crippen molar-refractivity contribution in [3.8, 4) is 5.75 Å². The number of likely N-dealkylation sites (tertiary alicyclic amines) is 2. The number of amides is 2. The summed E-state index contributed by atoms with van der Waals surface area (Å²) in [6.07, 6.45) is 1.00. The van der Waals surface area contributed by atoms with E-state index in [2.05, 4.69) is 10.2 Å². The Morgan fingerprint density at radius 2 is 1.91 bits per heavy atom. The predicted octanol–water partition coefficient (Wildman–Crippen LogP) is 3.41. The van der Waals surface area contributed by atoms with Crippen LogP contribution in [0.1, 0.15) is 34.8 Å². The van der Waals surface area contributed by atoms with Crippen molar-refractivity contribution in [3.05, 3.63) is 52.2 Å². The van der Waals surface area contributed by atoms with Gasteiger partial charge in [0.2, 0.25) is 0 Å². The molecule has 3 fully saturated rings. The number of fused-ring (bicyclic) bond motifs is 1. The molecule has 8 nitrogen and oxygen atoms in total. The number of nitrogens with zero attached hydrogens (tertiary/aromatic N) is 2. The van der Waals surface area contributed by atoms with Crippen molar-refractivity contribution in [1.82, 2.24) is 15.1 Å². The summed E-state index contributed by atoms with van der Waals surface area (Å²) >= 11 is 1.49. The number of thiophene rings is 1. The molecule has 4 atom stereocenters. The molecule has 1 aromatic heterocycles. The van der Waals surface area contributed by atoms with Gasteiger partial charge in [0.15, 0.2) is 0 Å². The van der Waals surface area contributed by atoms with E-state index in [0.29, 0.717) is 36.4 Å². The largest absolute Gasteiger partial charge is 0.495 e. The third-order valence-electron chi connectivity index (χ3n) is 7.32. The molecular formula is C26H33N3O5S. The van der Waals surface area contributed by atoms with Crippen LogP contribution in [-0.4, -0.2) is 81.0 Å². The van der Waals surface area contributed by atoms with Gasteiger partial charge in [0.05, 0.1) is 31.9 Å². The average molecular weight is 500 g/mol. The van der Waals surface area contributed by atoms with Crippen molar-refractivity contribution in [2.75, 3.05) is 53.0 Å². The van der Waals surface area contributed by atoms with Crippen LogP contribution in [-0.2, 0) is 9.47 Å². The molecule has 3 aliphatic rings. The lowest BCUT2D eigenvalue weighted by Crippen LogP contribution is -2.36.